The molecule has 5 heteroatoms. The molecule has 0 radical (unpaired) electrons. The van der Waals surface area contributed by atoms with Gasteiger partial charge in [-0.3, -0.25) is 0 Å². The van der Waals surface area contributed by atoms with Gasteiger partial charge in [-0.05, 0) is 43.3 Å². The van der Waals surface area contributed by atoms with Crippen LogP contribution in [0.15, 0.2) is 54.6 Å². The molecule has 0 spiro atoms. The summed E-state index contributed by atoms with van der Waals surface area (Å²) in [6.45, 7) is 1.85. The van der Waals surface area contributed by atoms with Gasteiger partial charge in [-0.15, -0.1) is 0 Å². The van der Waals surface area contributed by atoms with E-state index < -0.39 is 0 Å². The topological polar surface area (TPSA) is 67.3 Å². The van der Waals surface area contributed by atoms with E-state index in [0.29, 0.717) is 11.6 Å². The molecular weight excluding hydrogens is 290 g/mol. The standard InChI is InChI=1S/C18H17N3O2/c1-12-19-17(13-6-8-16(23-2)9-7-13)11-18(20-12)21-14-4-3-5-15(22)10-14/h3-11,22H,1-2H3,(H,19,20,21). The molecule has 0 fully saturated rings. The predicted molar refractivity (Wildman–Crippen MR) is 90.1 cm³/mol. The summed E-state index contributed by atoms with van der Waals surface area (Å²) in [6, 6.07) is 16.5. The van der Waals surface area contributed by atoms with Crippen molar-refractivity contribution in [1.29, 1.82) is 0 Å². The van der Waals surface area contributed by atoms with Crippen LogP contribution in [0.3, 0.4) is 0 Å². The molecule has 0 aliphatic rings. The Kier molecular flexibility index (Phi) is 4.10. The van der Waals surface area contributed by atoms with Crippen LogP contribution in [0.1, 0.15) is 5.82 Å². The van der Waals surface area contributed by atoms with E-state index in [1.54, 1.807) is 25.3 Å². The number of phenolic OH excluding ortho intramolecular Hbond substituents is 1. The van der Waals surface area contributed by atoms with Crippen molar-refractivity contribution < 1.29 is 9.84 Å². The Balaban J connectivity index is 1.92. The van der Waals surface area contributed by atoms with Gasteiger partial charge in [0.1, 0.15) is 23.1 Å². The second-order valence-corrected chi connectivity index (χ2v) is 5.09. The lowest BCUT2D eigenvalue weighted by atomic mass is 10.1. The van der Waals surface area contributed by atoms with Crippen molar-refractivity contribution in [3.05, 3.63) is 60.4 Å². The molecule has 0 bridgehead atoms. The molecule has 0 aliphatic carbocycles. The number of benzene rings is 2. The highest BCUT2D eigenvalue weighted by Gasteiger charge is 2.06. The number of hydrogen-bond acceptors (Lipinski definition) is 5. The van der Waals surface area contributed by atoms with Crippen LogP contribution in [0.4, 0.5) is 11.5 Å². The van der Waals surface area contributed by atoms with Crippen LogP contribution in [0.5, 0.6) is 11.5 Å². The number of ether oxygens (including phenoxy) is 1. The van der Waals surface area contributed by atoms with E-state index in [4.69, 9.17) is 4.74 Å². The summed E-state index contributed by atoms with van der Waals surface area (Å²) < 4.78 is 5.17. The molecule has 5 nitrogen and oxygen atoms in total. The van der Waals surface area contributed by atoms with Crippen molar-refractivity contribution in [2.45, 2.75) is 6.92 Å². The Bertz CT molecular complexity index is 817. The number of aryl methyl sites for hydroxylation is 1. The van der Waals surface area contributed by atoms with Crippen molar-refractivity contribution in [2.24, 2.45) is 0 Å². The Hall–Kier alpha value is -3.08. The number of aromatic hydroxyl groups is 1. The molecule has 2 aromatic carbocycles. The number of aromatic nitrogens is 2. The van der Waals surface area contributed by atoms with Crippen LogP contribution in [-0.2, 0) is 0 Å². The zero-order valence-electron chi connectivity index (χ0n) is 12.9. The van der Waals surface area contributed by atoms with E-state index in [1.807, 2.05) is 43.3 Å². The normalized spacial score (nSPS) is 10.3. The van der Waals surface area contributed by atoms with Gasteiger partial charge in [-0.1, -0.05) is 6.07 Å². The van der Waals surface area contributed by atoms with Gasteiger partial charge in [-0.2, -0.15) is 0 Å². The van der Waals surface area contributed by atoms with Gasteiger partial charge in [-0.25, -0.2) is 9.97 Å². The Morgan fingerprint density at radius 3 is 2.48 bits per heavy atom. The summed E-state index contributed by atoms with van der Waals surface area (Å²) in [7, 11) is 1.64. The van der Waals surface area contributed by atoms with Crippen LogP contribution in [0.2, 0.25) is 0 Å². The van der Waals surface area contributed by atoms with Crippen LogP contribution >= 0.6 is 0 Å². The van der Waals surface area contributed by atoms with Crippen molar-refractivity contribution in [2.75, 3.05) is 12.4 Å². The highest BCUT2D eigenvalue weighted by Crippen LogP contribution is 2.25. The summed E-state index contributed by atoms with van der Waals surface area (Å²) in [6.07, 6.45) is 0. The van der Waals surface area contributed by atoms with E-state index in [9.17, 15) is 5.11 Å². The predicted octanol–water partition coefficient (Wildman–Crippen LogP) is 3.91. The maximum Gasteiger partial charge on any atom is 0.134 e. The summed E-state index contributed by atoms with van der Waals surface area (Å²) in [5.74, 6) is 2.35. The minimum atomic E-state index is 0.205. The first-order chi connectivity index (χ1) is 11.1. The molecule has 0 unspecified atom stereocenters. The SMILES string of the molecule is COc1ccc(-c2cc(Nc3cccc(O)c3)nc(C)n2)cc1. The fraction of sp³-hybridized carbons (Fsp3) is 0.111. The number of methoxy groups -OCH3 is 1. The minimum Gasteiger partial charge on any atom is -0.508 e. The minimum absolute atomic E-state index is 0.205. The van der Waals surface area contributed by atoms with E-state index >= 15 is 0 Å². The maximum atomic E-state index is 9.54. The fourth-order valence-corrected chi connectivity index (χ4v) is 2.27. The summed E-state index contributed by atoms with van der Waals surface area (Å²) >= 11 is 0. The lowest BCUT2D eigenvalue weighted by Crippen LogP contribution is -1.98. The average Bonchev–Trinajstić information content (AvgIpc) is 2.54. The Labute approximate surface area is 134 Å². The fourth-order valence-electron chi connectivity index (χ4n) is 2.27. The highest BCUT2D eigenvalue weighted by atomic mass is 16.5. The van der Waals surface area contributed by atoms with Gasteiger partial charge in [0.2, 0.25) is 0 Å². The molecule has 1 aromatic heterocycles. The lowest BCUT2D eigenvalue weighted by molar-refractivity contribution is 0.415. The van der Waals surface area contributed by atoms with Crippen molar-refractivity contribution >= 4 is 11.5 Å². The molecule has 0 atom stereocenters. The number of nitrogens with one attached hydrogen (secondary N) is 1. The van der Waals surface area contributed by atoms with Gasteiger partial charge in [0.15, 0.2) is 0 Å². The quantitative estimate of drug-likeness (QED) is 0.765. The second-order valence-electron chi connectivity index (χ2n) is 5.09. The first kappa shape index (κ1) is 14.8. The smallest absolute Gasteiger partial charge is 0.134 e. The Morgan fingerprint density at radius 2 is 1.78 bits per heavy atom. The second kappa shape index (κ2) is 6.36. The van der Waals surface area contributed by atoms with Crippen molar-refractivity contribution in [3.8, 4) is 22.8 Å². The molecule has 0 saturated heterocycles. The third kappa shape index (κ3) is 3.58. The molecule has 3 aromatic rings. The summed E-state index contributed by atoms with van der Waals surface area (Å²) in [5, 5.41) is 12.7. The zero-order chi connectivity index (χ0) is 16.2. The van der Waals surface area contributed by atoms with Crippen LogP contribution in [-0.4, -0.2) is 22.2 Å². The van der Waals surface area contributed by atoms with Crippen molar-refractivity contribution in [1.82, 2.24) is 9.97 Å². The molecule has 0 aliphatic heterocycles. The van der Waals surface area contributed by atoms with Gasteiger partial charge >= 0.3 is 0 Å². The first-order valence-electron chi connectivity index (χ1n) is 7.20. The molecule has 2 N–H and O–H groups in total. The van der Waals surface area contributed by atoms with E-state index in [-0.39, 0.29) is 5.75 Å². The number of hydrogen-bond donors (Lipinski definition) is 2. The number of phenols is 1. The van der Waals surface area contributed by atoms with E-state index in [2.05, 4.69) is 15.3 Å². The van der Waals surface area contributed by atoms with Gasteiger partial charge < -0.3 is 15.2 Å². The molecular formula is C18H17N3O2. The number of anilines is 2. The number of nitrogens with zero attached hydrogens (tertiary/aromatic N) is 2. The average molecular weight is 307 g/mol. The summed E-state index contributed by atoms with van der Waals surface area (Å²) in [4.78, 5) is 8.87. The summed E-state index contributed by atoms with van der Waals surface area (Å²) in [5.41, 5.74) is 2.57. The highest BCUT2D eigenvalue weighted by molar-refractivity contribution is 5.66. The first-order valence-corrected chi connectivity index (χ1v) is 7.20. The van der Waals surface area contributed by atoms with E-state index in [0.717, 1.165) is 22.7 Å². The monoisotopic (exact) mass is 307 g/mol. The van der Waals surface area contributed by atoms with Crippen LogP contribution in [0.25, 0.3) is 11.3 Å². The third-order valence-corrected chi connectivity index (χ3v) is 3.34. The van der Waals surface area contributed by atoms with Crippen LogP contribution < -0.4 is 10.1 Å². The largest absolute Gasteiger partial charge is 0.508 e. The molecule has 3 rings (SSSR count). The lowest BCUT2D eigenvalue weighted by Gasteiger charge is -2.09. The van der Waals surface area contributed by atoms with Gasteiger partial charge in [0.25, 0.3) is 0 Å². The molecule has 116 valence electrons. The van der Waals surface area contributed by atoms with Gasteiger partial charge in [0.05, 0.1) is 12.8 Å². The molecule has 23 heavy (non-hydrogen) atoms. The molecule has 0 saturated carbocycles. The number of rotatable bonds is 4. The Morgan fingerprint density at radius 1 is 1.00 bits per heavy atom. The molecule has 0 amide bonds. The van der Waals surface area contributed by atoms with Crippen LogP contribution in [0, 0.1) is 6.92 Å². The third-order valence-electron chi connectivity index (χ3n) is 3.34. The van der Waals surface area contributed by atoms with E-state index in [1.165, 1.54) is 0 Å². The van der Waals surface area contributed by atoms with Gasteiger partial charge in [0, 0.05) is 23.4 Å². The maximum absolute atomic E-state index is 9.54. The van der Waals surface area contributed by atoms with Crippen molar-refractivity contribution in [3.63, 3.8) is 0 Å². The zero-order valence-corrected chi connectivity index (χ0v) is 12.9. The molecule has 1 heterocycles.